The van der Waals surface area contributed by atoms with Crippen LogP contribution in [0, 0.1) is 0 Å². The monoisotopic (exact) mass is 509 g/mol. The lowest BCUT2D eigenvalue weighted by molar-refractivity contribution is 0.252. The van der Waals surface area contributed by atoms with Crippen molar-refractivity contribution in [3.63, 3.8) is 0 Å². The first-order valence-corrected chi connectivity index (χ1v) is 11.9. The smallest absolute Gasteiger partial charge is 0.328 e. The zero-order valence-corrected chi connectivity index (χ0v) is 21.8. The number of urea groups is 1. The summed E-state index contributed by atoms with van der Waals surface area (Å²) in [4.78, 5) is 19.9. The molecule has 1 N–H and O–H groups in total. The van der Waals surface area contributed by atoms with E-state index in [9.17, 15) is 4.79 Å². The molecule has 2 amide bonds. The number of nitrogens with zero attached hydrogens (tertiary/aromatic N) is 4. The minimum Gasteiger partial charge on any atom is -0.493 e. The van der Waals surface area contributed by atoms with Crippen molar-refractivity contribution in [1.29, 1.82) is 0 Å². The molecule has 1 fully saturated rings. The first kappa shape index (κ1) is 24.0. The molecular formula is C26H28ClN5O4. The van der Waals surface area contributed by atoms with Crippen molar-refractivity contribution in [3.05, 3.63) is 58.7 Å². The Morgan fingerprint density at radius 3 is 2.19 bits per heavy atom. The largest absolute Gasteiger partial charge is 0.493 e. The molecule has 5 rings (SSSR count). The highest BCUT2D eigenvalue weighted by atomic mass is 35.5. The van der Waals surface area contributed by atoms with Crippen LogP contribution in [0.4, 0.5) is 16.3 Å². The van der Waals surface area contributed by atoms with Crippen molar-refractivity contribution in [3.8, 4) is 17.2 Å². The Labute approximate surface area is 214 Å². The first-order valence-electron chi connectivity index (χ1n) is 11.5. The number of rotatable bonds is 5. The van der Waals surface area contributed by atoms with Crippen LogP contribution in [0.15, 0.2) is 47.6 Å². The highest BCUT2D eigenvalue weighted by molar-refractivity contribution is 6.30. The maximum Gasteiger partial charge on any atom is 0.328 e. The van der Waals surface area contributed by atoms with Crippen molar-refractivity contribution < 1.29 is 19.0 Å². The number of fused-ring (bicyclic) bond motifs is 2. The van der Waals surface area contributed by atoms with Crippen LogP contribution in [-0.2, 0) is 5.54 Å². The highest BCUT2D eigenvalue weighted by Crippen LogP contribution is 2.48. The number of aliphatic imine (C=N–C) groups is 1. The van der Waals surface area contributed by atoms with E-state index in [1.165, 1.54) is 0 Å². The molecule has 2 aliphatic heterocycles. The van der Waals surface area contributed by atoms with Gasteiger partial charge in [0.25, 0.3) is 0 Å². The van der Waals surface area contributed by atoms with Crippen LogP contribution < -0.4 is 24.4 Å². The summed E-state index contributed by atoms with van der Waals surface area (Å²) in [5, 5.41) is 8.27. The van der Waals surface area contributed by atoms with Crippen LogP contribution in [0.3, 0.4) is 0 Å². The number of benzene rings is 2. The number of carbonyl (C=O) groups is 1. The number of methoxy groups -OCH3 is 3. The number of amides is 2. The lowest BCUT2D eigenvalue weighted by atomic mass is 9.83. The molecule has 188 valence electrons. The van der Waals surface area contributed by atoms with Crippen molar-refractivity contribution in [1.82, 2.24) is 15.1 Å². The van der Waals surface area contributed by atoms with E-state index in [1.54, 1.807) is 38.4 Å². The Morgan fingerprint density at radius 2 is 1.64 bits per heavy atom. The molecular weight excluding hydrogens is 482 g/mol. The molecule has 36 heavy (non-hydrogen) atoms. The van der Waals surface area contributed by atoms with E-state index in [1.807, 2.05) is 35.1 Å². The van der Waals surface area contributed by atoms with Gasteiger partial charge in [-0.2, -0.15) is 5.10 Å². The van der Waals surface area contributed by atoms with E-state index in [0.717, 1.165) is 11.1 Å². The van der Waals surface area contributed by atoms with Gasteiger partial charge in [0.05, 0.1) is 33.1 Å². The second-order valence-electron chi connectivity index (χ2n) is 9.66. The Morgan fingerprint density at radius 1 is 1.00 bits per heavy atom. The molecule has 0 aliphatic carbocycles. The quantitative estimate of drug-likeness (QED) is 0.517. The number of amidine groups is 1. The van der Waals surface area contributed by atoms with Crippen molar-refractivity contribution >= 4 is 35.0 Å². The molecule has 1 saturated heterocycles. The number of hydrogen-bond donors (Lipinski definition) is 1. The number of hydrogen-bond acceptors (Lipinski definition) is 6. The molecule has 3 aromatic rings. The van der Waals surface area contributed by atoms with E-state index in [-0.39, 0.29) is 17.5 Å². The Hall–Kier alpha value is -3.72. The third-order valence-corrected chi connectivity index (χ3v) is 6.70. The number of anilines is 1. The molecule has 0 unspecified atom stereocenters. The predicted molar refractivity (Wildman–Crippen MR) is 139 cm³/mol. The summed E-state index contributed by atoms with van der Waals surface area (Å²) < 4.78 is 18.7. The summed E-state index contributed by atoms with van der Waals surface area (Å²) in [6, 6.07) is 10.3. The predicted octanol–water partition coefficient (Wildman–Crippen LogP) is 5.09. The Bertz CT molecular complexity index is 1330. The van der Waals surface area contributed by atoms with Gasteiger partial charge in [-0.05, 0) is 62.7 Å². The van der Waals surface area contributed by atoms with Gasteiger partial charge in [0.15, 0.2) is 17.3 Å². The fourth-order valence-corrected chi connectivity index (χ4v) is 5.00. The van der Waals surface area contributed by atoms with Crippen LogP contribution in [0.2, 0.25) is 5.02 Å². The van der Waals surface area contributed by atoms with Crippen molar-refractivity contribution in [2.45, 2.75) is 38.3 Å². The molecule has 0 spiro atoms. The third kappa shape index (κ3) is 3.74. The van der Waals surface area contributed by atoms with Crippen molar-refractivity contribution in [2.24, 2.45) is 4.99 Å². The average Bonchev–Trinajstić information content (AvgIpc) is 3.42. The minimum absolute atomic E-state index is 0.265. The van der Waals surface area contributed by atoms with Gasteiger partial charge < -0.3 is 14.2 Å². The SMILES string of the molecule is COc1cc([C@H]2c3cnn(C(C)(C)C)c3N=C3NC(=O)N(c4ccc(Cl)cc4)[C@H]32)cc(OC)c1OC. The van der Waals surface area contributed by atoms with Gasteiger partial charge in [-0.25, -0.2) is 14.5 Å². The summed E-state index contributed by atoms with van der Waals surface area (Å²) >= 11 is 6.13. The minimum atomic E-state index is -0.452. The fraction of sp³-hybridized carbons (Fsp3) is 0.346. The van der Waals surface area contributed by atoms with Gasteiger partial charge in [-0.1, -0.05) is 11.6 Å². The van der Waals surface area contributed by atoms with Gasteiger partial charge >= 0.3 is 6.03 Å². The van der Waals surface area contributed by atoms with Crippen LogP contribution in [0.25, 0.3) is 0 Å². The number of aromatic nitrogens is 2. The van der Waals surface area contributed by atoms with Crippen LogP contribution in [-0.4, -0.2) is 49.0 Å². The van der Waals surface area contributed by atoms with Gasteiger partial charge in [-0.3, -0.25) is 10.2 Å². The summed E-state index contributed by atoms with van der Waals surface area (Å²) in [5.74, 6) is 2.46. The normalized spacial score (nSPS) is 18.8. The van der Waals surface area contributed by atoms with E-state index in [2.05, 4.69) is 26.1 Å². The van der Waals surface area contributed by atoms with Gasteiger partial charge in [0.1, 0.15) is 11.9 Å². The molecule has 10 heteroatoms. The molecule has 2 atom stereocenters. The average molecular weight is 510 g/mol. The van der Waals surface area contributed by atoms with E-state index in [0.29, 0.717) is 39.6 Å². The molecule has 3 heterocycles. The Kier molecular flexibility index (Phi) is 5.83. The number of nitrogens with one attached hydrogen (secondary N) is 1. The summed E-state index contributed by atoms with van der Waals surface area (Å²) in [6.45, 7) is 6.19. The van der Waals surface area contributed by atoms with Crippen LogP contribution in [0.1, 0.15) is 37.8 Å². The molecule has 0 radical (unpaired) electrons. The number of carbonyl (C=O) groups excluding carboxylic acids is 1. The zero-order valence-electron chi connectivity index (χ0n) is 21.0. The fourth-order valence-electron chi connectivity index (χ4n) is 4.88. The van der Waals surface area contributed by atoms with Crippen LogP contribution >= 0.6 is 11.6 Å². The third-order valence-electron chi connectivity index (χ3n) is 6.45. The summed E-state index contributed by atoms with van der Waals surface area (Å²) in [7, 11) is 4.73. The van der Waals surface area contributed by atoms with Crippen molar-refractivity contribution in [2.75, 3.05) is 26.2 Å². The highest BCUT2D eigenvalue weighted by Gasteiger charge is 2.48. The second kappa shape index (κ2) is 8.74. The summed E-state index contributed by atoms with van der Waals surface area (Å²) in [6.07, 6.45) is 1.83. The molecule has 0 saturated carbocycles. The van der Waals surface area contributed by atoms with Crippen LogP contribution in [0.5, 0.6) is 17.2 Å². The van der Waals surface area contributed by atoms with Gasteiger partial charge in [0.2, 0.25) is 5.75 Å². The standard InChI is InChI=1S/C26H28ClN5O4/c1-26(2,3)32-24-17(13-28-32)20(14-11-18(34-4)22(36-6)19(12-14)35-5)21-23(29-24)30-25(33)31(21)16-9-7-15(27)8-10-16/h7-13,20-21H,1-6H3,(H,29,30,33)/t20-,21-/m0/s1. The topological polar surface area (TPSA) is 90.2 Å². The molecule has 9 nitrogen and oxygen atoms in total. The second-order valence-corrected chi connectivity index (χ2v) is 10.1. The zero-order chi connectivity index (χ0) is 25.8. The molecule has 2 aliphatic rings. The number of halogens is 1. The Balaban J connectivity index is 1.76. The van der Waals surface area contributed by atoms with E-state index in [4.69, 9.17) is 35.9 Å². The van der Waals surface area contributed by atoms with E-state index >= 15 is 0 Å². The lowest BCUT2D eigenvalue weighted by Gasteiger charge is -2.34. The first-order chi connectivity index (χ1) is 17.2. The molecule has 2 aromatic carbocycles. The number of ether oxygens (including phenoxy) is 3. The molecule has 1 aromatic heterocycles. The summed E-state index contributed by atoms with van der Waals surface area (Å²) in [5.41, 5.74) is 2.15. The van der Waals surface area contributed by atoms with E-state index < -0.39 is 6.04 Å². The van der Waals surface area contributed by atoms with Gasteiger partial charge in [-0.15, -0.1) is 0 Å². The lowest BCUT2D eigenvalue weighted by Crippen LogP contribution is -2.42. The van der Waals surface area contributed by atoms with Gasteiger partial charge in [0, 0.05) is 22.2 Å². The molecule has 0 bridgehead atoms. The maximum absolute atomic E-state index is 13.3. The maximum atomic E-state index is 13.3.